The summed E-state index contributed by atoms with van der Waals surface area (Å²) < 4.78 is 31.7. The molecule has 1 heterocycles. The number of hydrogen-bond acceptors (Lipinski definition) is 5. The van der Waals surface area contributed by atoms with Gasteiger partial charge in [-0.3, -0.25) is 14.5 Å². The van der Waals surface area contributed by atoms with Crippen molar-refractivity contribution in [1.29, 1.82) is 0 Å². The lowest BCUT2D eigenvalue weighted by Gasteiger charge is -2.19. The molecule has 148 valence electrons. The average Bonchev–Trinajstić information content (AvgIpc) is 2.90. The van der Waals surface area contributed by atoms with Crippen LogP contribution in [0.15, 0.2) is 58.4 Å². The van der Waals surface area contributed by atoms with Crippen molar-refractivity contribution in [2.75, 3.05) is 6.54 Å². The molecule has 0 fully saturated rings. The van der Waals surface area contributed by atoms with E-state index in [1.807, 2.05) is 24.3 Å². The molecule has 0 atom stereocenters. The first-order valence-electron chi connectivity index (χ1n) is 9.08. The topological polar surface area (TPSA) is 84.8 Å². The Labute approximate surface area is 165 Å². The number of benzene rings is 2. The first-order chi connectivity index (χ1) is 13.2. The molecule has 6 nitrogen and oxygen atoms in total. The fourth-order valence-corrected chi connectivity index (χ4v) is 4.10. The molecule has 1 aliphatic rings. The van der Waals surface area contributed by atoms with Gasteiger partial charge in [-0.05, 0) is 28.7 Å². The van der Waals surface area contributed by atoms with Gasteiger partial charge in [-0.2, -0.15) is 0 Å². The Kier molecular flexibility index (Phi) is 5.56. The largest absolute Gasteiger partial charge is 0.461 e. The number of rotatable bonds is 5. The van der Waals surface area contributed by atoms with Crippen LogP contribution >= 0.6 is 0 Å². The highest BCUT2D eigenvalue weighted by molar-refractivity contribution is 7.90. The molecule has 0 saturated heterocycles. The van der Waals surface area contributed by atoms with Crippen LogP contribution in [-0.4, -0.2) is 26.8 Å². The molecule has 1 N–H and O–H groups in total. The van der Waals surface area contributed by atoms with E-state index < -0.39 is 10.0 Å². The van der Waals surface area contributed by atoms with E-state index in [1.54, 1.807) is 18.2 Å². The van der Waals surface area contributed by atoms with Gasteiger partial charge >= 0.3 is 5.97 Å². The lowest BCUT2D eigenvalue weighted by atomic mass is 9.87. The number of nitrogens with one attached hydrogen (secondary N) is 1. The summed E-state index contributed by atoms with van der Waals surface area (Å²) >= 11 is 0. The van der Waals surface area contributed by atoms with Crippen molar-refractivity contribution in [3.05, 3.63) is 65.2 Å². The Bertz CT molecular complexity index is 1000. The minimum absolute atomic E-state index is 0.0769. The van der Waals surface area contributed by atoms with Gasteiger partial charge in [0.25, 0.3) is 10.0 Å². The third-order valence-corrected chi connectivity index (χ3v) is 5.87. The maximum atomic E-state index is 12.0. The van der Waals surface area contributed by atoms with Gasteiger partial charge in [0, 0.05) is 5.56 Å². The molecule has 28 heavy (non-hydrogen) atoms. The van der Waals surface area contributed by atoms with Gasteiger partial charge in [0.2, 0.25) is 0 Å². The summed E-state index contributed by atoms with van der Waals surface area (Å²) in [6.45, 7) is 6.79. The number of carbonyl (C=O) groups excluding carboxylic acids is 1. The average molecular weight is 401 g/mol. The number of aliphatic imine (C=N–C) groups is 1. The molecule has 0 spiro atoms. The monoisotopic (exact) mass is 400 g/mol. The van der Waals surface area contributed by atoms with Crippen LogP contribution in [0, 0.1) is 0 Å². The van der Waals surface area contributed by atoms with Crippen LogP contribution in [0.5, 0.6) is 0 Å². The van der Waals surface area contributed by atoms with Crippen LogP contribution in [0.1, 0.15) is 43.9 Å². The second-order valence-corrected chi connectivity index (χ2v) is 9.34. The number of esters is 1. The quantitative estimate of drug-likeness (QED) is 0.782. The van der Waals surface area contributed by atoms with Crippen molar-refractivity contribution >= 4 is 21.8 Å². The van der Waals surface area contributed by atoms with Crippen LogP contribution < -0.4 is 4.72 Å². The molecule has 7 heteroatoms. The molecule has 0 aliphatic carbocycles. The molecule has 0 radical (unpaired) electrons. The lowest BCUT2D eigenvalue weighted by Crippen LogP contribution is -2.22. The highest BCUT2D eigenvalue weighted by Crippen LogP contribution is 2.23. The van der Waals surface area contributed by atoms with E-state index in [4.69, 9.17) is 4.74 Å². The summed E-state index contributed by atoms with van der Waals surface area (Å²) in [6.07, 6.45) is 0.0769. The lowest BCUT2D eigenvalue weighted by molar-refractivity contribution is -0.144. The Morgan fingerprint density at radius 3 is 2.43 bits per heavy atom. The Balaban J connectivity index is 1.52. The van der Waals surface area contributed by atoms with Gasteiger partial charge in [-0.1, -0.05) is 57.2 Å². The summed E-state index contributed by atoms with van der Waals surface area (Å²) in [4.78, 5) is 16.4. The third kappa shape index (κ3) is 4.59. The van der Waals surface area contributed by atoms with Crippen LogP contribution in [0.3, 0.4) is 0 Å². The standard InChI is InChI=1S/C21H24N2O4S/c1-21(2,3)16-10-8-15(9-11-16)14-27-19(24)12-13-22-20-17-6-4-5-7-18(17)28(25,26)23-20/h4-11H,12-14H2,1-3H3,(H,22,23). The van der Waals surface area contributed by atoms with E-state index in [9.17, 15) is 13.2 Å². The number of carbonyl (C=O) groups is 1. The first-order valence-corrected chi connectivity index (χ1v) is 10.6. The van der Waals surface area contributed by atoms with Crippen molar-refractivity contribution in [3.8, 4) is 0 Å². The van der Waals surface area contributed by atoms with Crippen molar-refractivity contribution in [2.45, 2.75) is 44.1 Å². The van der Waals surface area contributed by atoms with Crippen molar-refractivity contribution in [2.24, 2.45) is 4.99 Å². The Morgan fingerprint density at radius 2 is 1.75 bits per heavy atom. The normalized spacial score (nSPS) is 16.5. The number of sulfonamides is 1. The first kappa shape index (κ1) is 20.1. The molecule has 1 aliphatic heterocycles. The summed E-state index contributed by atoms with van der Waals surface area (Å²) in [7, 11) is -3.56. The molecule has 2 aromatic carbocycles. The zero-order chi connectivity index (χ0) is 20.4. The van der Waals surface area contributed by atoms with Crippen LogP contribution in [0.4, 0.5) is 0 Å². The highest BCUT2D eigenvalue weighted by atomic mass is 32.2. The van der Waals surface area contributed by atoms with Gasteiger partial charge in [0.1, 0.15) is 12.4 Å². The molecular weight excluding hydrogens is 376 g/mol. The van der Waals surface area contributed by atoms with Crippen molar-refractivity contribution < 1.29 is 17.9 Å². The van der Waals surface area contributed by atoms with Gasteiger partial charge in [0.05, 0.1) is 17.9 Å². The van der Waals surface area contributed by atoms with E-state index >= 15 is 0 Å². The SMILES string of the molecule is CC(C)(C)c1ccc(COC(=O)CCN=C2NS(=O)(=O)c3ccccc32)cc1. The smallest absolute Gasteiger partial charge is 0.308 e. The van der Waals surface area contributed by atoms with E-state index in [-0.39, 0.29) is 41.7 Å². The zero-order valence-electron chi connectivity index (χ0n) is 16.2. The second-order valence-electron chi connectivity index (χ2n) is 7.69. The van der Waals surface area contributed by atoms with Gasteiger partial charge in [0.15, 0.2) is 0 Å². The van der Waals surface area contributed by atoms with Crippen LogP contribution in [-0.2, 0) is 31.6 Å². The van der Waals surface area contributed by atoms with Crippen molar-refractivity contribution in [1.82, 2.24) is 4.72 Å². The molecule has 0 bridgehead atoms. The summed E-state index contributed by atoms with van der Waals surface area (Å²) in [5.41, 5.74) is 2.74. The van der Waals surface area contributed by atoms with Crippen LogP contribution in [0.2, 0.25) is 0 Å². The highest BCUT2D eigenvalue weighted by Gasteiger charge is 2.29. The second kappa shape index (κ2) is 7.75. The van der Waals surface area contributed by atoms with Crippen LogP contribution in [0.25, 0.3) is 0 Å². The number of ether oxygens (including phenoxy) is 1. The summed E-state index contributed by atoms with van der Waals surface area (Å²) in [5.74, 6) is -0.112. The third-order valence-electron chi connectivity index (χ3n) is 4.47. The molecule has 2 aromatic rings. The number of nitrogens with zero attached hydrogens (tertiary/aromatic N) is 1. The molecule has 3 rings (SSSR count). The predicted molar refractivity (Wildman–Crippen MR) is 108 cm³/mol. The molecule has 0 aromatic heterocycles. The molecule has 0 amide bonds. The maximum absolute atomic E-state index is 12.0. The maximum Gasteiger partial charge on any atom is 0.308 e. The Hall–Kier alpha value is -2.67. The van der Waals surface area contributed by atoms with E-state index in [0.717, 1.165) is 5.56 Å². The Morgan fingerprint density at radius 1 is 1.07 bits per heavy atom. The fourth-order valence-electron chi connectivity index (χ4n) is 2.85. The van der Waals surface area contributed by atoms with Gasteiger partial charge in [-0.25, -0.2) is 8.42 Å². The van der Waals surface area contributed by atoms with E-state index in [0.29, 0.717) is 5.56 Å². The molecule has 0 saturated carbocycles. The predicted octanol–water partition coefficient (Wildman–Crippen LogP) is 3.16. The van der Waals surface area contributed by atoms with Gasteiger partial charge in [-0.15, -0.1) is 0 Å². The minimum atomic E-state index is -3.56. The minimum Gasteiger partial charge on any atom is -0.461 e. The summed E-state index contributed by atoms with van der Waals surface area (Å²) in [6, 6.07) is 14.6. The van der Waals surface area contributed by atoms with E-state index in [1.165, 1.54) is 11.6 Å². The number of amidine groups is 1. The molecule has 0 unspecified atom stereocenters. The fraction of sp³-hybridized carbons (Fsp3) is 0.333. The molecular formula is C21H24N2O4S. The number of hydrogen-bond donors (Lipinski definition) is 1. The zero-order valence-corrected chi connectivity index (χ0v) is 17.0. The van der Waals surface area contributed by atoms with Gasteiger partial charge < -0.3 is 4.74 Å². The van der Waals surface area contributed by atoms with Crippen molar-refractivity contribution in [3.63, 3.8) is 0 Å². The summed E-state index contributed by atoms with van der Waals surface area (Å²) in [5, 5.41) is 0. The number of fused-ring (bicyclic) bond motifs is 1. The van der Waals surface area contributed by atoms with E-state index in [2.05, 4.69) is 30.5 Å².